The number of carbonyl (C=O) groups excluding carboxylic acids is 1. The first-order valence-corrected chi connectivity index (χ1v) is 7.69. The molecule has 1 aliphatic carbocycles. The van der Waals surface area contributed by atoms with Gasteiger partial charge in [-0.25, -0.2) is 0 Å². The topological polar surface area (TPSA) is 32.3 Å². The van der Waals surface area contributed by atoms with Gasteiger partial charge in [-0.2, -0.15) is 0 Å². The van der Waals surface area contributed by atoms with Gasteiger partial charge in [0, 0.05) is 6.04 Å². The van der Waals surface area contributed by atoms with Crippen molar-refractivity contribution in [1.29, 1.82) is 0 Å². The van der Waals surface area contributed by atoms with Crippen LogP contribution >= 0.6 is 0 Å². The molecule has 0 aromatic rings. The molecule has 1 heterocycles. The van der Waals surface area contributed by atoms with Gasteiger partial charge in [0.2, 0.25) is 5.91 Å². The molecule has 104 valence electrons. The van der Waals surface area contributed by atoms with Gasteiger partial charge in [0.15, 0.2) is 0 Å². The second-order valence-corrected chi connectivity index (χ2v) is 6.27. The van der Waals surface area contributed by atoms with Crippen LogP contribution < -0.4 is 5.32 Å². The van der Waals surface area contributed by atoms with E-state index in [1.54, 1.807) is 0 Å². The van der Waals surface area contributed by atoms with Crippen molar-refractivity contribution < 1.29 is 4.79 Å². The number of hydrogen-bond acceptors (Lipinski definition) is 2. The van der Waals surface area contributed by atoms with Crippen molar-refractivity contribution in [2.24, 2.45) is 11.8 Å². The van der Waals surface area contributed by atoms with Crippen molar-refractivity contribution in [3.63, 3.8) is 0 Å². The van der Waals surface area contributed by atoms with E-state index in [9.17, 15) is 4.79 Å². The second kappa shape index (κ2) is 6.05. The number of rotatable bonds is 4. The summed E-state index contributed by atoms with van der Waals surface area (Å²) in [6, 6.07) is 0.574. The van der Waals surface area contributed by atoms with E-state index < -0.39 is 0 Å². The standard InChI is InChI=1S/C15H28N2O/c1-4-7-13-15(18)17(10-16-13)14-9-6-5-8-12(14)11(2)3/h11-14,16H,4-10H2,1-3H3. The third-order valence-electron chi connectivity index (χ3n) is 4.70. The fraction of sp³-hybridized carbons (Fsp3) is 0.933. The van der Waals surface area contributed by atoms with Crippen LogP contribution in [0.15, 0.2) is 0 Å². The van der Waals surface area contributed by atoms with E-state index in [0.717, 1.165) is 19.5 Å². The molecule has 2 rings (SSSR count). The maximum Gasteiger partial charge on any atom is 0.241 e. The summed E-state index contributed by atoms with van der Waals surface area (Å²) >= 11 is 0. The molecule has 1 amide bonds. The van der Waals surface area contributed by atoms with Crippen molar-refractivity contribution in [3.8, 4) is 0 Å². The maximum atomic E-state index is 12.4. The predicted octanol–water partition coefficient (Wildman–Crippen LogP) is 2.76. The van der Waals surface area contributed by atoms with Gasteiger partial charge in [0.25, 0.3) is 0 Å². The van der Waals surface area contributed by atoms with Crippen LogP contribution in [0.4, 0.5) is 0 Å². The van der Waals surface area contributed by atoms with Crippen LogP contribution in [0, 0.1) is 11.8 Å². The average Bonchev–Trinajstić information content (AvgIpc) is 2.72. The molecule has 0 aromatic heterocycles. The summed E-state index contributed by atoms with van der Waals surface area (Å²) in [4.78, 5) is 14.6. The summed E-state index contributed by atoms with van der Waals surface area (Å²) in [6.45, 7) is 7.54. The highest BCUT2D eigenvalue weighted by atomic mass is 16.2. The molecular weight excluding hydrogens is 224 g/mol. The zero-order valence-electron chi connectivity index (χ0n) is 12.1. The molecule has 1 aliphatic heterocycles. The van der Waals surface area contributed by atoms with Crippen LogP contribution in [-0.4, -0.2) is 29.6 Å². The van der Waals surface area contributed by atoms with E-state index in [-0.39, 0.29) is 6.04 Å². The second-order valence-electron chi connectivity index (χ2n) is 6.27. The SMILES string of the molecule is CCCC1NCN(C2CCCCC2C(C)C)C1=O. The van der Waals surface area contributed by atoms with Crippen LogP contribution in [0.2, 0.25) is 0 Å². The predicted molar refractivity (Wildman–Crippen MR) is 74.1 cm³/mol. The Labute approximate surface area is 111 Å². The summed E-state index contributed by atoms with van der Waals surface area (Å²) in [5.74, 6) is 1.74. The van der Waals surface area contributed by atoms with Crippen LogP contribution in [0.1, 0.15) is 59.3 Å². The average molecular weight is 252 g/mol. The summed E-state index contributed by atoms with van der Waals surface area (Å²) < 4.78 is 0. The summed E-state index contributed by atoms with van der Waals surface area (Å²) in [7, 11) is 0. The third-order valence-corrected chi connectivity index (χ3v) is 4.70. The van der Waals surface area contributed by atoms with Gasteiger partial charge in [0.1, 0.15) is 0 Å². The zero-order valence-corrected chi connectivity index (χ0v) is 12.1. The molecule has 1 saturated heterocycles. The molecule has 3 atom stereocenters. The van der Waals surface area contributed by atoms with E-state index in [0.29, 0.717) is 23.8 Å². The molecule has 3 heteroatoms. The molecular formula is C15H28N2O. The number of nitrogens with one attached hydrogen (secondary N) is 1. The van der Waals surface area contributed by atoms with Gasteiger partial charge >= 0.3 is 0 Å². The Morgan fingerprint density at radius 3 is 2.72 bits per heavy atom. The van der Waals surface area contributed by atoms with Crippen LogP contribution in [0.25, 0.3) is 0 Å². The summed E-state index contributed by atoms with van der Waals surface area (Å²) in [5.41, 5.74) is 0. The molecule has 1 N–H and O–H groups in total. The van der Waals surface area contributed by atoms with Crippen molar-refractivity contribution in [2.45, 2.75) is 71.4 Å². The zero-order chi connectivity index (χ0) is 13.1. The van der Waals surface area contributed by atoms with Crippen LogP contribution in [0.5, 0.6) is 0 Å². The lowest BCUT2D eigenvalue weighted by Gasteiger charge is -2.39. The Morgan fingerprint density at radius 2 is 2.06 bits per heavy atom. The van der Waals surface area contributed by atoms with E-state index in [4.69, 9.17) is 0 Å². The lowest BCUT2D eigenvalue weighted by atomic mass is 9.77. The molecule has 3 nitrogen and oxygen atoms in total. The first-order valence-electron chi connectivity index (χ1n) is 7.69. The lowest BCUT2D eigenvalue weighted by molar-refractivity contribution is -0.133. The lowest BCUT2D eigenvalue weighted by Crippen LogP contribution is -2.46. The highest BCUT2D eigenvalue weighted by molar-refractivity contribution is 5.84. The number of carbonyl (C=O) groups is 1. The van der Waals surface area contributed by atoms with Crippen LogP contribution in [0.3, 0.4) is 0 Å². The molecule has 18 heavy (non-hydrogen) atoms. The molecule has 0 bridgehead atoms. The first kappa shape index (κ1) is 13.9. The molecule has 0 radical (unpaired) electrons. The molecule has 2 fully saturated rings. The minimum absolute atomic E-state index is 0.0877. The van der Waals surface area contributed by atoms with Crippen molar-refractivity contribution in [1.82, 2.24) is 10.2 Å². The fourth-order valence-corrected chi connectivity index (χ4v) is 3.67. The minimum atomic E-state index is 0.0877. The van der Waals surface area contributed by atoms with E-state index in [1.807, 2.05) is 0 Å². The third kappa shape index (κ3) is 2.71. The minimum Gasteiger partial charge on any atom is -0.325 e. The summed E-state index contributed by atoms with van der Waals surface area (Å²) in [5, 5.41) is 3.39. The highest BCUT2D eigenvalue weighted by Crippen LogP contribution is 2.34. The maximum absolute atomic E-state index is 12.4. The number of amides is 1. The molecule has 3 unspecified atom stereocenters. The van der Waals surface area contributed by atoms with Gasteiger partial charge in [0.05, 0.1) is 12.7 Å². The van der Waals surface area contributed by atoms with Gasteiger partial charge in [-0.3, -0.25) is 10.1 Å². The Kier molecular flexibility index (Phi) is 4.66. The number of nitrogens with zero attached hydrogens (tertiary/aromatic N) is 1. The van der Waals surface area contributed by atoms with E-state index >= 15 is 0 Å². The van der Waals surface area contributed by atoms with Gasteiger partial charge in [-0.1, -0.05) is 40.0 Å². The van der Waals surface area contributed by atoms with Crippen molar-refractivity contribution in [2.75, 3.05) is 6.67 Å². The fourth-order valence-electron chi connectivity index (χ4n) is 3.67. The summed E-state index contributed by atoms with van der Waals surface area (Å²) in [6.07, 6.45) is 7.19. The molecule has 1 saturated carbocycles. The highest BCUT2D eigenvalue weighted by Gasteiger charge is 2.39. The van der Waals surface area contributed by atoms with Crippen molar-refractivity contribution >= 4 is 5.91 Å². The van der Waals surface area contributed by atoms with Gasteiger partial charge in [-0.15, -0.1) is 0 Å². The molecule has 0 aromatic carbocycles. The number of hydrogen-bond donors (Lipinski definition) is 1. The Balaban J connectivity index is 2.03. The van der Waals surface area contributed by atoms with E-state index in [2.05, 4.69) is 31.0 Å². The Morgan fingerprint density at radius 1 is 1.33 bits per heavy atom. The largest absolute Gasteiger partial charge is 0.325 e. The quantitative estimate of drug-likeness (QED) is 0.834. The smallest absolute Gasteiger partial charge is 0.241 e. The Bertz CT molecular complexity index is 290. The van der Waals surface area contributed by atoms with Gasteiger partial charge in [-0.05, 0) is 31.1 Å². The van der Waals surface area contributed by atoms with Crippen molar-refractivity contribution in [3.05, 3.63) is 0 Å². The molecule has 2 aliphatic rings. The normalized spacial score (nSPS) is 33.4. The monoisotopic (exact) mass is 252 g/mol. The Hall–Kier alpha value is -0.570. The first-order chi connectivity index (χ1) is 8.65. The van der Waals surface area contributed by atoms with Crippen LogP contribution in [-0.2, 0) is 4.79 Å². The molecule has 0 spiro atoms. The van der Waals surface area contributed by atoms with Gasteiger partial charge < -0.3 is 4.90 Å². The van der Waals surface area contributed by atoms with E-state index in [1.165, 1.54) is 25.7 Å².